The van der Waals surface area contributed by atoms with Crippen molar-refractivity contribution >= 4 is 0 Å². The molecule has 0 saturated heterocycles. The van der Waals surface area contributed by atoms with E-state index in [2.05, 4.69) is 0 Å². The second-order valence-corrected chi connectivity index (χ2v) is 5.29. The van der Waals surface area contributed by atoms with Crippen LogP contribution in [-0.2, 0) is 0 Å². The molecule has 6 heteroatoms. The number of benzene rings is 2. The van der Waals surface area contributed by atoms with Gasteiger partial charge in [-0.25, -0.2) is 8.78 Å². The number of rotatable bonds is 4. The summed E-state index contributed by atoms with van der Waals surface area (Å²) in [4.78, 5) is 0. The highest BCUT2D eigenvalue weighted by Gasteiger charge is 2.36. The molecule has 2 rings (SSSR count). The lowest BCUT2D eigenvalue weighted by Gasteiger charge is -2.16. The summed E-state index contributed by atoms with van der Waals surface area (Å²) in [7, 11) is 0. The number of hydrogen-bond acceptors (Lipinski definition) is 1. The van der Waals surface area contributed by atoms with Gasteiger partial charge in [0, 0.05) is 0 Å². The predicted octanol–water partition coefficient (Wildman–Crippen LogP) is 5.32. The van der Waals surface area contributed by atoms with E-state index in [4.69, 9.17) is 0 Å². The SMILES string of the molecule is C[C@@H](c1ccc(-c2ccc([C@@H](O)C(F)F)cc2)cc1)C(F)(F)F. The van der Waals surface area contributed by atoms with Crippen molar-refractivity contribution in [2.45, 2.75) is 31.5 Å². The van der Waals surface area contributed by atoms with Crippen LogP contribution in [0.15, 0.2) is 48.5 Å². The van der Waals surface area contributed by atoms with Crippen LogP contribution in [0.3, 0.4) is 0 Å². The molecule has 0 aliphatic rings. The molecule has 0 amide bonds. The van der Waals surface area contributed by atoms with Crippen molar-refractivity contribution in [3.63, 3.8) is 0 Å². The molecule has 2 atom stereocenters. The van der Waals surface area contributed by atoms with Gasteiger partial charge in [-0.1, -0.05) is 48.5 Å². The first-order chi connectivity index (χ1) is 10.7. The lowest BCUT2D eigenvalue weighted by Crippen LogP contribution is -2.17. The Labute approximate surface area is 130 Å². The van der Waals surface area contributed by atoms with E-state index >= 15 is 0 Å². The van der Waals surface area contributed by atoms with Gasteiger partial charge in [-0.2, -0.15) is 13.2 Å². The highest BCUT2D eigenvalue weighted by Crippen LogP contribution is 2.35. The van der Waals surface area contributed by atoms with Crippen LogP contribution < -0.4 is 0 Å². The fourth-order valence-corrected chi connectivity index (χ4v) is 2.17. The molecule has 124 valence electrons. The Morgan fingerprint density at radius 3 is 1.52 bits per heavy atom. The quantitative estimate of drug-likeness (QED) is 0.753. The first kappa shape index (κ1) is 17.4. The van der Waals surface area contributed by atoms with Gasteiger partial charge < -0.3 is 5.11 Å². The molecule has 2 aromatic rings. The van der Waals surface area contributed by atoms with Crippen LogP contribution in [0.25, 0.3) is 11.1 Å². The lowest BCUT2D eigenvalue weighted by atomic mass is 9.96. The Morgan fingerprint density at radius 2 is 1.17 bits per heavy atom. The maximum absolute atomic E-state index is 12.7. The van der Waals surface area contributed by atoms with E-state index in [0.29, 0.717) is 11.1 Å². The van der Waals surface area contributed by atoms with E-state index in [9.17, 15) is 27.1 Å². The molecular weight excluding hydrogens is 315 g/mol. The van der Waals surface area contributed by atoms with Crippen molar-refractivity contribution < 1.29 is 27.1 Å². The third-order valence-electron chi connectivity index (χ3n) is 3.73. The molecule has 0 saturated carbocycles. The van der Waals surface area contributed by atoms with Gasteiger partial charge in [0.15, 0.2) is 0 Å². The highest BCUT2D eigenvalue weighted by atomic mass is 19.4. The smallest absolute Gasteiger partial charge is 0.382 e. The summed E-state index contributed by atoms with van der Waals surface area (Å²) in [6.45, 7) is 1.09. The van der Waals surface area contributed by atoms with Crippen molar-refractivity contribution in [2.75, 3.05) is 0 Å². The minimum atomic E-state index is -4.30. The molecule has 0 bridgehead atoms. The first-order valence-electron chi connectivity index (χ1n) is 6.93. The summed E-state index contributed by atoms with van der Waals surface area (Å²) in [6.07, 6.45) is -9.02. The average Bonchev–Trinajstić information content (AvgIpc) is 2.53. The molecule has 2 aromatic carbocycles. The van der Waals surface area contributed by atoms with E-state index in [1.165, 1.54) is 24.3 Å². The molecule has 0 fully saturated rings. The molecule has 0 aliphatic heterocycles. The van der Waals surface area contributed by atoms with Crippen LogP contribution in [0.5, 0.6) is 0 Å². The number of alkyl halides is 5. The normalized spacial score (nSPS) is 14.8. The number of hydrogen-bond donors (Lipinski definition) is 1. The minimum absolute atomic E-state index is 0.0889. The Morgan fingerprint density at radius 1 is 0.783 bits per heavy atom. The van der Waals surface area contributed by atoms with Crippen molar-refractivity contribution in [3.05, 3.63) is 59.7 Å². The molecule has 0 heterocycles. The summed E-state index contributed by atoms with van der Waals surface area (Å²) in [6, 6.07) is 11.7. The highest BCUT2D eigenvalue weighted by molar-refractivity contribution is 5.64. The fraction of sp³-hybridized carbons (Fsp3) is 0.294. The van der Waals surface area contributed by atoms with E-state index in [0.717, 1.165) is 6.92 Å². The van der Waals surface area contributed by atoms with Gasteiger partial charge in [-0.05, 0) is 29.2 Å². The van der Waals surface area contributed by atoms with Gasteiger partial charge in [0.2, 0.25) is 0 Å². The molecule has 0 aliphatic carbocycles. The topological polar surface area (TPSA) is 20.2 Å². The summed E-state index contributed by atoms with van der Waals surface area (Å²) in [5.74, 6) is -1.56. The Balaban J connectivity index is 2.20. The average molecular weight is 330 g/mol. The third kappa shape index (κ3) is 4.07. The zero-order valence-corrected chi connectivity index (χ0v) is 12.2. The van der Waals surface area contributed by atoms with Crippen molar-refractivity contribution in [1.82, 2.24) is 0 Å². The molecule has 1 nitrogen and oxygen atoms in total. The molecular formula is C17H15F5O. The zero-order valence-electron chi connectivity index (χ0n) is 12.2. The van der Waals surface area contributed by atoms with Gasteiger partial charge >= 0.3 is 6.18 Å². The third-order valence-corrected chi connectivity index (χ3v) is 3.73. The van der Waals surface area contributed by atoms with Crippen molar-refractivity contribution in [2.24, 2.45) is 0 Å². The second kappa shape index (κ2) is 6.66. The molecule has 23 heavy (non-hydrogen) atoms. The lowest BCUT2D eigenvalue weighted by molar-refractivity contribution is -0.146. The van der Waals surface area contributed by atoms with Crippen LogP contribution >= 0.6 is 0 Å². The monoisotopic (exact) mass is 330 g/mol. The summed E-state index contributed by atoms with van der Waals surface area (Å²) >= 11 is 0. The van der Waals surface area contributed by atoms with Crippen LogP contribution in [-0.4, -0.2) is 17.7 Å². The largest absolute Gasteiger partial charge is 0.395 e. The van der Waals surface area contributed by atoms with Crippen LogP contribution in [0.1, 0.15) is 30.1 Å². The molecule has 0 radical (unpaired) electrons. The maximum Gasteiger partial charge on any atom is 0.395 e. The van der Waals surface area contributed by atoms with Crippen LogP contribution in [0.4, 0.5) is 22.0 Å². The molecule has 0 spiro atoms. The number of aliphatic hydroxyl groups excluding tert-OH is 1. The zero-order chi connectivity index (χ0) is 17.2. The number of halogens is 5. The van der Waals surface area contributed by atoms with E-state index in [-0.39, 0.29) is 11.1 Å². The molecule has 1 N–H and O–H groups in total. The standard InChI is InChI=1S/C17H15F5O/c1-10(17(20,21)22)11-2-4-12(5-3-11)13-6-8-14(9-7-13)15(23)16(18)19/h2-10,15-16,23H,1H3/t10-,15+/m0/s1. The molecule has 0 unspecified atom stereocenters. The molecule has 0 aromatic heterocycles. The maximum atomic E-state index is 12.7. The summed E-state index contributed by atoms with van der Waals surface area (Å²) in [5, 5.41) is 9.28. The summed E-state index contributed by atoms with van der Waals surface area (Å²) < 4.78 is 62.8. The van der Waals surface area contributed by atoms with Gasteiger partial charge in [-0.3, -0.25) is 0 Å². The first-order valence-corrected chi connectivity index (χ1v) is 6.93. The predicted molar refractivity (Wildman–Crippen MR) is 77.3 cm³/mol. The van der Waals surface area contributed by atoms with Gasteiger partial charge in [-0.15, -0.1) is 0 Å². The number of aliphatic hydroxyl groups is 1. The fourth-order valence-electron chi connectivity index (χ4n) is 2.17. The van der Waals surface area contributed by atoms with Gasteiger partial charge in [0.05, 0.1) is 5.92 Å². The Hall–Kier alpha value is -1.95. The van der Waals surface area contributed by atoms with Gasteiger partial charge in [0.25, 0.3) is 6.43 Å². The minimum Gasteiger partial charge on any atom is -0.382 e. The Kier molecular flexibility index (Phi) is 5.04. The van der Waals surface area contributed by atoms with E-state index in [1.54, 1.807) is 24.3 Å². The van der Waals surface area contributed by atoms with E-state index in [1.807, 2.05) is 0 Å². The second-order valence-electron chi connectivity index (χ2n) is 5.29. The van der Waals surface area contributed by atoms with Gasteiger partial charge in [0.1, 0.15) is 6.10 Å². The van der Waals surface area contributed by atoms with E-state index < -0.39 is 24.6 Å². The van der Waals surface area contributed by atoms with Crippen molar-refractivity contribution in [3.8, 4) is 11.1 Å². The van der Waals surface area contributed by atoms with Crippen LogP contribution in [0.2, 0.25) is 0 Å². The summed E-state index contributed by atoms with van der Waals surface area (Å²) in [5.41, 5.74) is 1.58. The van der Waals surface area contributed by atoms with Crippen molar-refractivity contribution in [1.29, 1.82) is 0 Å². The Bertz CT molecular complexity index is 632. The van der Waals surface area contributed by atoms with Crippen LogP contribution in [0, 0.1) is 0 Å².